The van der Waals surface area contributed by atoms with Crippen molar-refractivity contribution in [2.24, 2.45) is 0 Å². The zero-order valence-electron chi connectivity index (χ0n) is 10.9. The number of hydrogen-bond acceptors (Lipinski definition) is 5. The molecule has 0 unspecified atom stereocenters. The summed E-state index contributed by atoms with van der Waals surface area (Å²) in [6.07, 6.45) is 0. The molecule has 0 saturated carbocycles. The Bertz CT molecular complexity index is 550. The van der Waals surface area contributed by atoms with Gasteiger partial charge in [-0.05, 0) is 25.1 Å². The molecule has 7 nitrogen and oxygen atoms in total. The molecule has 1 saturated heterocycles. The Kier molecular flexibility index (Phi) is 3.54. The van der Waals surface area contributed by atoms with Crippen LogP contribution in [0.2, 0.25) is 0 Å². The molecule has 1 aliphatic heterocycles. The van der Waals surface area contributed by atoms with Gasteiger partial charge in [0.05, 0.1) is 18.7 Å². The van der Waals surface area contributed by atoms with Crippen molar-refractivity contribution >= 4 is 11.9 Å². The second-order valence-electron chi connectivity index (χ2n) is 4.99. The van der Waals surface area contributed by atoms with E-state index in [2.05, 4.69) is 0 Å². The Balaban J connectivity index is 2.00. The molecular weight excluding hydrogens is 266 g/mol. The second kappa shape index (κ2) is 5.01. The van der Waals surface area contributed by atoms with Crippen molar-refractivity contribution in [3.63, 3.8) is 0 Å². The van der Waals surface area contributed by atoms with E-state index in [1.54, 1.807) is 6.92 Å². The fourth-order valence-corrected chi connectivity index (χ4v) is 2.10. The lowest BCUT2D eigenvalue weighted by Gasteiger charge is -2.47. The van der Waals surface area contributed by atoms with Crippen LogP contribution in [0.5, 0.6) is 11.5 Å². The monoisotopic (exact) mass is 281 g/mol. The van der Waals surface area contributed by atoms with Crippen LogP contribution in [0.1, 0.15) is 17.3 Å². The number of phenols is 2. The summed E-state index contributed by atoms with van der Waals surface area (Å²) in [5.74, 6) is -1.83. The Hall–Kier alpha value is -2.28. The minimum Gasteiger partial charge on any atom is -0.508 e. The van der Waals surface area contributed by atoms with Crippen molar-refractivity contribution < 1.29 is 29.6 Å². The van der Waals surface area contributed by atoms with Gasteiger partial charge in [-0.1, -0.05) is 0 Å². The summed E-state index contributed by atoms with van der Waals surface area (Å²) < 4.78 is 5.19. The number of carbonyl (C=O) groups excluding carboxylic acids is 1. The van der Waals surface area contributed by atoms with E-state index < -0.39 is 24.1 Å². The summed E-state index contributed by atoms with van der Waals surface area (Å²) >= 11 is 0. The molecule has 0 spiro atoms. The molecule has 0 aliphatic carbocycles. The number of aromatic hydroxyl groups is 2. The molecule has 0 atom stereocenters. The predicted octanol–water partition coefficient (Wildman–Crippen LogP) is 0.413. The number of hydrogen-bond donors (Lipinski definition) is 3. The SMILES string of the molecule is CC1(OCC(=O)O)CN(C(=O)c2cc(O)ccc2O)C1. The highest BCUT2D eigenvalue weighted by molar-refractivity contribution is 5.97. The number of phenolic OH excluding ortho intramolecular Hbond substituents is 2. The van der Waals surface area contributed by atoms with Crippen LogP contribution in [-0.2, 0) is 9.53 Å². The van der Waals surface area contributed by atoms with Crippen molar-refractivity contribution in [3.05, 3.63) is 23.8 Å². The number of carboxylic acid groups (broad SMARTS) is 1. The topological polar surface area (TPSA) is 107 Å². The highest BCUT2D eigenvalue weighted by atomic mass is 16.5. The first-order valence-corrected chi connectivity index (χ1v) is 5.98. The molecule has 1 fully saturated rings. The van der Waals surface area contributed by atoms with E-state index in [1.165, 1.54) is 23.1 Å². The van der Waals surface area contributed by atoms with E-state index in [9.17, 15) is 19.8 Å². The number of carbonyl (C=O) groups is 2. The lowest BCUT2D eigenvalue weighted by atomic mass is 9.95. The zero-order valence-corrected chi connectivity index (χ0v) is 10.9. The molecule has 1 aromatic rings. The quantitative estimate of drug-likeness (QED) is 0.690. The molecule has 1 aliphatic rings. The van der Waals surface area contributed by atoms with Crippen LogP contribution in [0.25, 0.3) is 0 Å². The lowest BCUT2D eigenvalue weighted by Crippen LogP contribution is -2.63. The van der Waals surface area contributed by atoms with Gasteiger partial charge in [0.1, 0.15) is 23.7 Å². The maximum absolute atomic E-state index is 12.1. The van der Waals surface area contributed by atoms with Crippen molar-refractivity contribution in [1.82, 2.24) is 4.90 Å². The average molecular weight is 281 g/mol. The molecule has 2 rings (SSSR count). The second-order valence-corrected chi connectivity index (χ2v) is 4.99. The predicted molar refractivity (Wildman–Crippen MR) is 67.7 cm³/mol. The fourth-order valence-electron chi connectivity index (χ4n) is 2.10. The lowest BCUT2D eigenvalue weighted by molar-refractivity contribution is -0.159. The van der Waals surface area contributed by atoms with E-state index in [4.69, 9.17) is 9.84 Å². The van der Waals surface area contributed by atoms with Gasteiger partial charge in [-0.2, -0.15) is 0 Å². The van der Waals surface area contributed by atoms with E-state index in [1.807, 2.05) is 0 Å². The fraction of sp³-hybridized carbons (Fsp3) is 0.385. The summed E-state index contributed by atoms with van der Waals surface area (Å²) in [5, 5.41) is 27.5. The molecule has 0 aromatic heterocycles. The molecule has 108 valence electrons. The summed E-state index contributed by atoms with van der Waals surface area (Å²) in [4.78, 5) is 24.0. The molecule has 20 heavy (non-hydrogen) atoms. The van der Waals surface area contributed by atoms with Gasteiger partial charge < -0.3 is 25.0 Å². The number of aliphatic carboxylic acids is 1. The maximum atomic E-state index is 12.1. The highest BCUT2D eigenvalue weighted by Crippen LogP contribution is 2.30. The van der Waals surface area contributed by atoms with Crippen molar-refractivity contribution in [2.75, 3.05) is 19.7 Å². The normalized spacial score (nSPS) is 16.6. The largest absolute Gasteiger partial charge is 0.508 e. The van der Waals surface area contributed by atoms with Crippen molar-refractivity contribution in [2.45, 2.75) is 12.5 Å². The summed E-state index contributed by atoms with van der Waals surface area (Å²) in [6, 6.07) is 3.70. The van der Waals surface area contributed by atoms with E-state index in [-0.39, 0.29) is 30.2 Å². The number of amides is 1. The first kappa shape index (κ1) is 14.1. The van der Waals surface area contributed by atoms with E-state index >= 15 is 0 Å². The van der Waals surface area contributed by atoms with Crippen LogP contribution in [0, 0.1) is 0 Å². The standard InChI is InChI=1S/C13H15NO6/c1-13(20-5-11(17)18)6-14(7-13)12(19)9-4-8(15)2-3-10(9)16/h2-4,15-16H,5-7H2,1H3,(H,17,18). The maximum Gasteiger partial charge on any atom is 0.329 e. The first-order valence-electron chi connectivity index (χ1n) is 5.98. The third kappa shape index (κ3) is 2.83. The number of rotatable bonds is 4. The molecular formula is C13H15NO6. The minimum absolute atomic E-state index is 0.00489. The van der Waals surface area contributed by atoms with Gasteiger partial charge in [-0.3, -0.25) is 4.79 Å². The summed E-state index contributed by atoms with van der Waals surface area (Å²) in [5.41, 5.74) is -0.689. The Morgan fingerprint density at radius 2 is 2.00 bits per heavy atom. The van der Waals surface area contributed by atoms with Gasteiger partial charge in [0.15, 0.2) is 0 Å². The minimum atomic E-state index is -1.07. The summed E-state index contributed by atoms with van der Waals surface area (Å²) in [6.45, 7) is 1.75. The number of nitrogens with zero attached hydrogens (tertiary/aromatic N) is 1. The number of carboxylic acids is 1. The van der Waals surface area contributed by atoms with Crippen LogP contribution >= 0.6 is 0 Å². The molecule has 1 amide bonds. The van der Waals surface area contributed by atoms with E-state index in [0.29, 0.717) is 0 Å². The molecule has 1 heterocycles. The Morgan fingerprint density at radius 1 is 1.35 bits per heavy atom. The summed E-state index contributed by atoms with van der Waals surface area (Å²) in [7, 11) is 0. The molecule has 1 aromatic carbocycles. The highest BCUT2D eigenvalue weighted by Gasteiger charge is 2.43. The third-order valence-corrected chi connectivity index (χ3v) is 3.09. The number of ether oxygens (including phenoxy) is 1. The van der Waals surface area contributed by atoms with Crippen molar-refractivity contribution in [3.8, 4) is 11.5 Å². The average Bonchev–Trinajstić information content (AvgIpc) is 2.35. The molecule has 0 bridgehead atoms. The third-order valence-electron chi connectivity index (χ3n) is 3.09. The van der Waals surface area contributed by atoms with E-state index in [0.717, 1.165) is 0 Å². The van der Waals surface area contributed by atoms with Gasteiger partial charge in [0.25, 0.3) is 5.91 Å². The molecule has 3 N–H and O–H groups in total. The van der Waals surface area contributed by atoms with Crippen LogP contribution < -0.4 is 0 Å². The Labute approximate surface area is 115 Å². The number of benzene rings is 1. The van der Waals surface area contributed by atoms with Crippen LogP contribution in [0.15, 0.2) is 18.2 Å². The van der Waals surface area contributed by atoms with Crippen LogP contribution in [0.3, 0.4) is 0 Å². The molecule has 7 heteroatoms. The van der Waals surface area contributed by atoms with Crippen LogP contribution in [-0.4, -0.2) is 57.4 Å². The van der Waals surface area contributed by atoms with Gasteiger partial charge in [0.2, 0.25) is 0 Å². The van der Waals surface area contributed by atoms with Gasteiger partial charge >= 0.3 is 5.97 Å². The van der Waals surface area contributed by atoms with Gasteiger partial charge in [-0.15, -0.1) is 0 Å². The smallest absolute Gasteiger partial charge is 0.329 e. The zero-order chi connectivity index (χ0) is 14.9. The number of likely N-dealkylation sites (tertiary alicyclic amines) is 1. The van der Waals surface area contributed by atoms with Crippen LogP contribution in [0.4, 0.5) is 0 Å². The van der Waals surface area contributed by atoms with Gasteiger partial charge in [0, 0.05) is 0 Å². The van der Waals surface area contributed by atoms with Crippen molar-refractivity contribution in [1.29, 1.82) is 0 Å². The van der Waals surface area contributed by atoms with Gasteiger partial charge in [-0.25, -0.2) is 4.79 Å². The first-order chi connectivity index (χ1) is 9.31. The molecule has 0 radical (unpaired) electrons. The Morgan fingerprint density at radius 3 is 2.60 bits per heavy atom.